The summed E-state index contributed by atoms with van der Waals surface area (Å²) in [7, 11) is 0. The van der Waals surface area contributed by atoms with Crippen molar-refractivity contribution in [3.8, 4) is 0 Å². The van der Waals surface area contributed by atoms with Crippen LogP contribution in [-0.4, -0.2) is 10.8 Å². The Kier molecular flexibility index (Phi) is 2.64. The number of H-pyrrole nitrogens is 1. The number of nitrogens with one attached hydrogen (secondary N) is 1. The summed E-state index contributed by atoms with van der Waals surface area (Å²) in [4.78, 5) is 7.48. The average molecular weight is 214 g/mol. The minimum absolute atomic E-state index is 0.441. The molecule has 2 rings (SSSR count). The van der Waals surface area contributed by atoms with Crippen molar-refractivity contribution in [1.82, 2.24) is 4.98 Å². The first-order valence-electron chi connectivity index (χ1n) is 5.01. The van der Waals surface area contributed by atoms with Gasteiger partial charge in [-0.3, -0.25) is 0 Å². The zero-order valence-electron chi connectivity index (χ0n) is 9.07. The molecule has 1 aromatic heterocycles. The van der Waals surface area contributed by atoms with E-state index in [1.54, 1.807) is 0 Å². The van der Waals surface area contributed by atoms with Gasteiger partial charge in [-0.2, -0.15) is 0 Å². The van der Waals surface area contributed by atoms with E-state index in [-0.39, 0.29) is 0 Å². The van der Waals surface area contributed by atoms with Crippen LogP contribution in [0.2, 0.25) is 0 Å². The number of nitrogens with two attached hydrogens (primary N) is 2. The summed E-state index contributed by atoms with van der Waals surface area (Å²) in [5, 5.41) is 1.05. The van der Waals surface area contributed by atoms with E-state index in [0.29, 0.717) is 5.84 Å². The fraction of sp³-hybridized carbons (Fsp3) is 0.0833. The topological polar surface area (TPSA) is 80.2 Å². The zero-order chi connectivity index (χ0) is 11.5. The molecule has 0 aliphatic heterocycles. The first-order valence-corrected chi connectivity index (χ1v) is 5.01. The third-order valence-electron chi connectivity index (χ3n) is 2.47. The minimum Gasteiger partial charge on any atom is -0.404 e. The molecule has 0 radical (unpaired) electrons. The number of benzene rings is 1. The van der Waals surface area contributed by atoms with Crippen LogP contribution < -0.4 is 11.5 Å². The second-order valence-electron chi connectivity index (χ2n) is 3.56. The van der Waals surface area contributed by atoms with E-state index in [1.165, 1.54) is 6.20 Å². The molecular weight excluding hydrogens is 200 g/mol. The summed E-state index contributed by atoms with van der Waals surface area (Å²) in [5.41, 5.74) is 13.9. The number of hydrogen-bond donors (Lipinski definition) is 3. The monoisotopic (exact) mass is 214 g/mol. The Morgan fingerprint density at radius 2 is 2.19 bits per heavy atom. The van der Waals surface area contributed by atoms with E-state index in [9.17, 15) is 0 Å². The fourth-order valence-corrected chi connectivity index (χ4v) is 1.47. The van der Waals surface area contributed by atoms with Crippen LogP contribution in [0.3, 0.4) is 0 Å². The molecule has 0 atom stereocenters. The number of amidine groups is 1. The first-order chi connectivity index (χ1) is 7.72. The molecule has 1 heterocycles. The zero-order valence-corrected chi connectivity index (χ0v) is 9.07. The molecule has 5 N–H and O–H groups in total. The van der Waals surface area contributed by atoms with Crippen LogP contribution in [0.1, 0.15) is 6.92 Å². The van der Waals surface area contributed by atoms with Gasteiger partial charge in [-0.25, -0.2) is 4.99 Å². The van der Waals surface area contributed by atoms with Crippen LogP contribution in [-0.2, 0) is 0 Å². The Morgan fingerprint density at radius 1 is 1.38 bits per heavy atom. The van der Waals surface area contributed by atoms with Crippen molar-refractivity contribution in [2.24, 2.45) is 16.5 Å². The maximum Gasteiger partial charge on any atom is 0.128 e. The molecular formula is C12H14N4. The molecule has 0 saturated carbocycles. The molecule has 0 aliphatic carbocycles. The number of aliphatic imine (C=N–C) groups is 1. The second kappa shape index (κ2) is 4.10. The van der Waals surface area contributed by atoms with E-state index in [1.807, 2.05) is 37.4 Å². The van der Waals surface area contributed by atoms with Gasteiger partial charge in [0.25, 0.3) is 0 Å². The molecule has 16 heavy (non-hydrogen) atoms. The van der Waals surface area contributed by atoms with Crippen molar-refractivity contribution < 1.29 is 0 Å². The third-order valence-corrected chi connectivity index (χ3v) is 2.47. The van der Waals surface area contributed by atoms with E-state index in [0.717, 1.165) is 22.2 Å². The van der Waals surface area contributed by atoms with Crippen LogP contribution >= 0.6 is 0 Å². The van der Waals surface area contributed by atoms with E-state index in [4.69, 9.17) is 11.5 Å². The van der Waals surface area contributed by atoms with Crippen molar-refractivity contribution in [2.75, 3.05) is 0 Å². The van der Waals surface area contributed by atoms with Gasteiger partial charge >= 0.3 is 0 Å². The number of aromatic nitrogens is 1. The fourth-order valence-electron chi connectivity index (χ4n) is 1.47. The maximum absolute atomic E-state index is 5.81. The average Bonchev–Trinajstić information content (AvgIpc) is 2.77. The van der Waals surface area contributed by atoms with Crippen LogP contribution in [0.5, 0.6) is 0 Å². The molecule has 82 valence electrons. The van der Waals surface area contributed by atoms with Crippen molar-refractivity contribution >= 4 is 22.4 Å². The van der Waals surface area contributed by atoms with Crippen molar-refractivity contribution in [3.05, 3.63) is 42.2 Å². The third kappa shape index (κ3) is 1.77. The van der Waals surface area contributed by atoms with E-state index in [2.05, 4.69) is 9.98 Å². The highest BCUT2D eigenvalue weighted by molar-refractivity contribution is 6.01. The van der Waals surface area contributed by atoms with Crippen molar-refractivity contribution in [2.45, 2.75) is 6.92 Å². The maximum atomic E-state index is 5.81. The standard InChI is InChI=1S/C12H14N4/c1-8(7-13)12(14)16-11-4-2-3-10-9(11)5-6-15-10/h2-7,15H,13H2,1H3,(H2,14,16)/b8-7-. The lowest BCUT2D eigenvalue weighted by atomic mass is 10.2. The highest BCUT2D eigenvalue weighted by atomic mass is 14.9. The Bertz CT molecular complexity index is 563. The summed E-state index contributed by atoms with van der Waals surface area (Å²) >= 11 is 0. The predicted octanol–water partition coefficient (Wildman–Crippen LogP) is 2.02. The van der Waals surface area contributed by atoms with Gasteiger partial charge in [0.15, 0.2) is 0 Å². The lowest BCUT2D eigenvalue weighted by Gasteiger charge is -2.01. The molecule has 0 aliphatic rings. The van der Waals surface area contributed by atoms with Crippen LogP contribution in [0.15, 0.2) is 47.2 Å². The molecule has 0 bridgehead atoms. The number of rotatable bonds is 2. The predicted molar refractivity (Wildman–Crippen MR) is 67.5 cm³/mol. The molecule has 0 saturated heterocycles. The number of nitrogens with zero attached hydrogens (tertiary/aromatic N) is 1. The van der Waals surface area contributed by atoms with Gasteiger partial charge < -0.3 is 16.5 Å². The van der Waals surface area contributed by atoms with Gasteiger partial charge in [0, 0.05) is 28.9 Å². The van der Waals surface area contributed by atoms with Gasteiger partial charge in [-0.1, -0.05) is 6.07 Å². The molecule has 0 unspecified atom stereocenters. The Labute approximate surface area is 93.7 Å². The van der Waals surface area contributed by atoms with Gasteiger partial charge in [0.1, 0.15) is 5.84 Å². The Morgan fingerprint density at radius 3 is 2.94 bits per heavy atom. The van der Waals surface area contributed by atoms with E-state index >= 15 is 0 Å². The van der Waals surface area contributed by atoms with Gasteiger partial charge in [0.2, 0.25) is 0 Å². The summed E-state index contributed by atoms with van der Waals surface area (Å²) in [5.74, 6) is 0.441. The molecule has 4 heteroatoms. The van der Waals surface area contributed by atoms with Crippen LogP contribution in [0, 0.1) is 0 Å². The molecule has 1 aromatic carbocycles. The lowest BCUT2D eigenvalue weighted by molar-refractivity contribution is 1.40. The first kappa shape index (κ1) is 10.3. The quantitative estimate of drug-likeness (QED) is 0.528. The molecule has 0 fully saturated rings. The Hall–Kier alpha value is -2.23. The molecule has 2 aromatic rings. The van der Waals surface area contributed by atoms with Crippen LogP contribution in [0.25, 0.3) is 10.9 Å². The second-order valence-corrected chi connectivity index (χ2v) is 3.56. The summed E-state index contributed by atoms with van der Waals surface area (Å²) < 4.78 is 0. The van der Waals surface area contributed by atoms with Crippen molar-refractivity contribution in [3.63, 3.8) is 0 Å². The van der Waals surface area contributed by atoms with Gasteiger partial charge in [-0.15, -0.1) is 0 Å². The highest BCUT2D eigenvalue weighted by Gasteiger charge is 2.01. The molecule has 4 nitrogen and oxygen atoms in total. The van der Waals surface area contributed by atoms with E-state index < -0.39 is 0 Å². The lowest BCUT2D eigenvalue weighted by Crippen LogP contribution is -2.13. The van der Waals surface area contributed by atoms with Gasteiger partial charge in [-0.05, 0) is 25.1 Å². The summed E-state index contributed by atoms with van der Waals surface area (Å²) in [6, 6.07) is 7.83. The SMILES string of the molecule is C/C(=C/N)C(N)=Nc1cccc2[nH]ccc12. The highest BCUT2D eigenvalue weighted by Crippen LogP contribution is 2.25. The van der Waals surface area contributed by atoms with Crippen LogP contribution in [0.4, 0.5) is 5.69 Å². The summed E-state index contributed by atoms with van der Waals surface area (Å²) in [6.45, 7) is 1.83. The largest absolute Gasteiger partial charge is 0.404 e. The van der Waals surface area contributed by atoms with Crippen molar-refractivity contribution in [1.29, 1.82) is 0 Å². The normalized spacial score (nSPS) is 13.3. The minimum atomic E-state index is 0.441. The smallest absolute Gasteiger partial charge is 0.128 e. The Balaban J connectivity index is 2.52. The van der Waals surface area contributed by atoms with Gasteiger partial charge in [0.05, 0.1) is 5.69 Å². The number of aromatic amines is 1. The summed E-state index contributed by atoms with van der Waals surface area (Å²) in [6.07, 6.45) is 3.33. The number of hydrogen-bond acceptors (Lipinski definition) is 2. The molecule has 0 amide bonds. The number of fused-ring (bicyclic) bond motifs is 1. The molecule has 0 spiro atoms.